The van der Waals surface area contributed by atoms with Crippen molar-refractivity contribution in [3.63, 3.8) is 0 Å². The van der Waals surface area contributed by atoms with Gasteiger partial charge >= 0.3 is 5.97 Å². The van der Waals surface area contributed by atoms with E-state index in [2.05, 4.69) is 4.98 Å². The summed E-state index contributed by atoms with van der Waals surface area (Å²) in [6, 6.07) is 8.22. The first-order chi connectivity index (χ1) is 11.0. The number of rotatable bonds is 3. The predicted octanol–water partition coefficient (Wildman–Crippen LogP) is 1.86. The van der Waals surface area contributed by atoms with E-state index >= 15 is 0 Å². The van der Waals surface area contributed by atoms with Crippen molar-refractivity contribution in [2.24, 2.45) is 0 Å². The van der Waals surface area contributed by atoms with E-state index in [4.69, 9.17) is 4.74 Å². The van der Waals surface area contributed by atoms with Gasteiger partial charge in [-0.2, -0.15) is 0 Å². The molecule has 1 aliphatic rings. The lowest BCUT2D eigenvalue weighted by Gasteiger charge is -2.22. The van der Waals surface area contributed by atoms with Crippen LogP contribution in [0.3, 0.4) is 0 Å². The van der Waals surface area contributed by atoms with E-state index in [1.54, 1.807) is 6.07 Å². The minimum Gasteiger partial charge on any atom is -0.480 e. The first-order valence-electron chi connectivity index (χ1n) is 7.44. The molecular formula is C17H18N2O4. The van der Waals surface area contributed by atoms with Gasteiger partial charge in [-0.15, -0.1) is 0 Å². The van der Waals surface area contributed by atoms with E-state index in [1.807, 2.05) is 31.2 Å². The number of aliphatic carboxylic acids is 1. The molecule has 1 saturated heterocycles. The zero-order chi connectivity index (χ0) is 16.6. The monoisotopic (exact) mass is 314 g/mol. The molecule has 0 bridgehead atoms. The topological polar surface area (TPSA) is 79.7 Å². The van der Waals surface area contributed by atoms with Gasteiger partial charge in [0.15, 0.2) is 0 Å². The molecule has 0 aliphatic carbocycles. The second-order valence-corrected chi connectivity index (χ2v) is 5.73. The smallest absolute Gasteiger partial charge is 0.326 e. The van der Waals surface area contributed by atoms with E-state index in [-0.39, 0.29) is 18.6 Å². The molecule has 2 aromatic rings. The first-order valence-corrected chi connectivity index (χ1v) is 7.44. The van der Waals surface area contributed by atoms with Crippen LogP contribution in [0.2, 0.25) is 0 Å². The molecule has 1 fully saturated rings. The molecule has 1 aromatic carbocycles. The molecule has 6 heteroatoms. The molecule has 0 spiro atoms. The van der Waals surface area contributed by atoms with Crippen LogP contribution in [-0.4, -0.2) is 52.7 Å². The standard InChI is InChI=1S/C17H18N2O4/c1-10-7-13(12-5-3-4-6-14(12)18-10)16(20)19-9-11(23-2)8-15(19)17(21)22/h3-7,11,15H,8-9H2,1-2H3,(H,21,22). The van der Waals surface area contributed by atoms with Gasteiger partial charge in [0, 0.05) is 31.2 Å². The van der Waals surface area contributed by atoms with Crippen LogP contribution in [0.25, 0.3) is 10.9 Å². The number of carboxylic acids is 1. The van der Waals surface area contributed by atoms with Gasteiger partial charge in [-0.1, -0.05) is 18.2 Å². The Morgan fingerprint density at radius 1 is 1.35 bits per heavy atom. The number of carboxylic acid groups (broad SMARTS) is 1. The number of nitrogens with zero attached hydrogens (tertiary/aromatic N) is 2. The van der Waals surface area contributed by atoms with E-state index in [0.29, 0.717) is 12.0 Å². The second kappa shape index (κ2) is 5.96. The van der Waals surface area contributed by atoms with E-state index in [1.165, 1.54) is 12.0 Å². The highest BCUT2D eigenvalue weighted by Gasteiger charge is 2.40. The van der Waals surface area contributed by atoms with Crippen LogP contribution < -0.4 is 0 Å². The molecule has 0 radical (unpaired) electrons. The Kier molecular flexibility index (Phi) is 4.00. The third-order valence-corrected chi connectivity index (χ3v) is 4.22. The molecule has 1 aromatic heterocycles. The molecule has 120 valence electrons. The lowest BCUT2D eigenvalue weighted by molar-refractivity contribution is -0.141. The van der Waals surface area contributed by atoms with E-state index in [9.17, 15) is 14.7 Å². The molecular weight excluding hydrogens is 296 g/mol. The number of carbonyl (C=O) groups is 2. The van der Waals surface area contributed by atoms with Gasteiger partial charge in [0.1, 0.15) is 6.04 Å². The average molecular weight is 314 g/mol. The van der Waals surface area contributed by atoms with Gasteiger partial charge < -0.3 is 14.7 Å². The number of amides is 1. The summed E-state index contributed by atoms with van der Waals surface area (Å²) < 4.78 is 5.25. The number of aryl methyl sites for hydroxylation is 1. The summed E-state index contributed by atoms with van der Waals surface area (Å²) in [7, 11) is 1.53. The molecule has 0 saturated carbocycles. The molecule has 2 atom stereocenters. The number of carbonyl (C=O) groups excluding carboxylic acids is 1. The van der Waals surface area contributed by atoms with Crippen LogP contribution in [-0.2, 0) is 9.53 Å². The highest BCUT2D eigenvalue weighted by atomic mass is 16.5. The van der Waals surface area contributed by atoms with Crippen LogP contribution in [0.4, 0.5) is 0 Å². The van der Waals surface area contributed by atoms with Crippen molar-refractivity contribution in [1.29, 1.82) is 0 Å². The summed E-state index contributed by atoms with van der Waals surface area (Å²) in [5.41, 5.74) is 1.93. The summed E-state index contributed by atoms with van der Waals surface area (Å²) >= 11 is 0. The van der Waals surface area contributed by atoms with Crippen LogP contribution >= 0.6 is 0 Å². The fourth-order valence-electron chi connectivity index (χ4n) is 3.07. The van der Waals surface area contributed by atoms with Crippen molar-refractivity contribution in [1.82, 2.24) is 9.88 Å². The number of fused-ring (bicyclic) bond motifs is 1. The number of hydrogen-bond donors (Lipinski definition) is 1. The maximum absolute atomic E-state index is 13.0. The number of ether oxygens (including phenoxy) is 1. The summed E-state index contributed by atoms with van der Waals surface area (Å²) in [5.74, 6) is -1.30. The second-order valence-electron chi connectivity index (χ2n) is 5.73. The van der Waals surface area contributed by atoms with E-state index in [0.717, 1.165) is 16.6 Å². The van der Waals surface area contributed by atoms with Gasteiger partial charge in [0.25, 0.3) is 5.91 Å². The van der Waals surface area contributed by atoms with Gasteiger partial charge in [-0.25, -0.2) is 4.79 Å². The Bertz CT molecular complexity index is 774. The summed E-state index contributed by atoms with van der Waals surface area (Å²) in [6.45, 7) is 2.10. The molecule has 1 amide bonds. The molecule has 23 heavy (non-hydrogen) atoms. The maximum atomic E-state index is 13.0. The highest BCUT2D eigenvalue weighted by Crippen LogP contribution is 2.26. The van der Waals surface area contributed by atoms with Crippen LogP contribution in [0.15, 0.2) is 30.3 Å². The highest BCUT2D eigenvalue weighted by molar-refractivity contribution is 6.07. The van der Waals surface area contributed by atoms with Crippen molar-refractivity contribution >= 4 is 22.8 Å². The minimum atomic E-state index is -1.01. The quantitative estimate of drug-likeness (QED) is 0.935. The zero-order valence-electron chi connectivity index (χ0n) is 13.0. The number of pyridine rings is 1. The van der Waals surface area contributed by atoms with Crippen LogP contribution in [0.5, 0.6) is 0 Å². The van der Waals surface area contributed by atoms with Crippen molar-refractivity contribution in [2.75, 3.05) is 13.7 Å². The van der Waals surface area contributed by atoms with Gasteiger partial charge in [-0.3, -0.25) is 9.78 Å². The van der Waals surface area contributed by atoms with E-state index < -0.39 is 12.0 Å². The van der Waals surface area contributed by atoms with Gasteiger partial charge in [0.05, 0.1) is 17.2 Å². The Hall–Kier alpha value is -2.47. The van der Waals surface area contributed by atoms with Crippen molar-refractivity contribution in [3.05, 3.63) is 41.6 Å². The van der Waals surface area contributed by atoms with Crippen molar-refractivity contribution in [3.8, 4) is 0 Å². The number of aromatic nitrogens is 1. The fraction of sp³-hybridized carbons (Fsp3) is 0.353. The number of hydrogen-bond acceptors (Lipinski definition) is 4. The molecule has 6 nitrogen and oxygen atoms in total. The number of para-hydroxylation sites is 1. The maximum Gasteiger partial charge on any atom is 0.326 e. The molecule has 1 N–H and O–H groups in total. The number of benzene rings is 1. The lowest BCUT2D eigenvalue weighted by Crippen LogP contribution is -2.40. The summed E-state index contributed by atoms with van der Waals surface area (Å²) in [5, 5.41) is 10.1. The first kappa shape index (κ1) is 15.4. The average Bonchev–Trinajstić information content (AvgIpc) is 2.98. The Labute approximate surface area is 133 Å². The summed E-state index contributed by atoms with van der Waals surface area (Å²) in [4.78, 5) is 30.3. The number of methoxy groups -OCH3 is 1. The Morgan fingerprint density at radius 3 is 2.78 bits per heavy atom. The SMILES string of the molecule is COC1CC(C(=O)O)N(C(=O)c2cc(C)nc3ccccc23)C1. The van der Waals surface area contributed by atoms with Crippen molar-refractivity contribution in [2.45, 2.75) is 25.5 Å². The molecule has 2 heterocycles. The van der Waals surface area contributed by atoms with Crippen LogP contribution in [0, 0.1) is 6.92 Å². The molecule has 1 aliphatic heterocycles. The minimum absolute atomic E-state index is 0.255. The Balaban J connectivity index is 2.04. The van der Waals surface area contributed by atoms with Crippen LogP contribution in [0.1, 0.15) is 22.5 Å². The van der Waals surface area contributed by atoms with Gasteiger partial charge in [0.2, 0.25) is 0 Å². The lowest BCUT2D eigenvalue weighted by atomic mass is 10.1. The largest absolute Gasteiger partial charge is 0.480 e. The zero-order valence-corrected chi connectivity index (χ0v) is 13.0. The normalized spacial score (nSPS) is 20.9. The summed E-state index contributed by atoms with van der Waals surface area (Å²) in [6.07, 6.45) is 0.0498. The van der Waals surface area contributed by atoms with Crippen molar-refractivity contribution < 1.29 is 19.4 Å². The predicted molar refractivity (Wildman–Crippen MR) is 84.4 cm³/mol. The fourth-order valence-corrected chi connectivity index (χ4v) is 3.07. The Morgan fingerprint density at radius 2 is 2.09 bits per heavy atom. The molecule has 2 unspecified atom stereocenters. The third-order valence-electron chi connectivity index (χ3n) is 4.22. The molecule has 3 rings (SSSR count). The third kappa shape index (κ3) is 2.77. The number of likely N-dealkylation sites (tertiary alicyclic amines) is 1. The van der Waals surface area contributed by atoms with Gasteiger partial charge in [-0.05, 0) is 19.1 Å².